The Balaban J connectivity index is 1.44. The summed E-state index contributed by atoms with van der Waals surface area (Å²) in [5, 5.41) is 9.23. The minimum absolute atomic E-state index is 0.138. The van der Waals surface area contributed by atoms with E-state index in [1.165, 1.54) is 211 Å². The molecule has 0 fully saturated rings. The van der Waals surface area contributed by atoms with Crippen LogP contribution in [0.3, 0.4) is 0 Å². The highest BCUT2D eigenvalue weighted by Crippen LogP contribution is 2.45. The zero-order chi connectivity index (χ0) is 55.8. The van der Waals surface area contributed by atoms with Crippen molar-refractivity contribution in [3.63, 3.8) is 0 Å². The zero-order valence-electron chi connectivity index (χ0n) is 49.8. The van der Waals surface area contributed by atoms with Gasteiger partial charge in [-0.2, -0.15) is 0 Å². The molecule has 3 amide bonds. The van der Waals surface area contributed by atoms with E-state index in [0.717, 1.165) is 38.5 Å². The number of carbonyl (C=O) groups is 3. The van der Waals surface area contributed by atoms with Crippen LogP contribution in [-0.4, -0.2) is 39.1 Å². The number of unbranched alkanes of at least 4 members (excludes halogenated alkanes) is 27. The fourth-order valence-electron chi connectivity index (χ4n) is 10.9. The van der Waals surface area contributed by atoms with E-state index >= 15 is 0 Å². The molecule has 4 aromatic carbocycles. The number of methoxy groups -OCH3 is 3. The van der Waals surface area contributed by atoms with Crippen molar-refractivity contribution in [3.05, 3.63) is 106 Å². The molecule has 3 N–H and O–H groups in total. The molecule has 0 aromatic heterocycles. The fourth-order valence-corrected chi connectivity index (χ4v) is 10.9. The van der Waals surface area contributed by atoms with Gasteiger partial charge in [0.1, 0.15) is 17.2 Å². The topological polar surface area (TPSA) is 115 Å². The van der Waals surface area contributed by atoms with Crippen LogP contribution in [0.15, 0.2) is 72.8 Å². The van der Waals surface area contributed by atoms with Gasteiger partial charge in [0.25, 0.3) is 0 Å². The van der Waals surface area contributed by atoms with Crippen LogP contribution < -0.4 is 30.2 Å². The van der Waals surface area contributed by atoms with Crippen molar-refractivity contribution in [2.45, 2.75) is 252 Å². The monoisotopic (exact) mass is 1070 g/mol. The van der Waals surface area contributed by atoms with Crippen LogP contribution in [0.4, 0.5) is 17.1 Å². The van der Waals surface area contributed by atoms with Crippen LogP contribution in [0.2, 0.25) is 0 Å². The highest BCUT2D eigenvalue weighted by Gasteiger charge is 2.30. The lowest BCUT2D eigenvalue weighted by atomic mass is 9.93. The number of nitrogens with one attached hydrogen (secondary N) is 3. The molecule has 0 heterocycles. The third-order valence-electron chi connectivity index (χ3n) is 15.4. The van der Waals surface area contributed by atoms with Gasteiger partial charge in [0.2, 0.25) is 17.7 Å². The number of aryl methyl sites for hydroxylation is 3. The van der Waals surface area contributed by atoms with Crippen molar-refractivity contribution >= 4 is 34.8 Å². The van der Waals surface area contributed by atoms with Gasteiger partial charge in [0.15, 0.2) is 0 Å². The summed E-state index contributed by atoms with van der Waals surface area (Å²) < 4.78 is 18.3. The highest BCUT2D eigenvalue weighted by atomic mass is 16.5. The number of carbonyl (C=O) groups excluding carboxylic acids is 3. The number of benzene rings is 4. The van der Waals surface area contributed by atoms with E-state index < -0.39 is 0 Å². The summed E-state index contributed by atoms with van der Waals surface area (Å²) >= 11 is 0. The van der Waals surface area contributed by atoms with Gasteiger partial charge >= 0.3 is 0 Å². The number of hydrogen-bond acceptors (Lipinski definition) is 6. The quantitative estimate of drug-likeness (QED) is 0.0380. The van der Waals surface area contributed by atoms with E-state index in [1.807, 2.05) is 36.4 Å². The van der Waals surface area contributed by atoms with E-state index in [2.05, 4.69) is 73.1 Å². The van der Waals surface area contributed by atoms with Gasteiger partial charge in [-0.3, -0.25) is 14.4 Å². The Morgan fingerprint density at radius 3 is 0.679 bits per heavy atom. The van der Waals surface area contributed by atoms with Crippen LogP contribution >= 0.6 is 0 Å². The molecule has 0 saturated carbocycles. The van der Waals surface area contributed by atoms with Crippen molar-refractivity contribution in [2.24, 2.45) is 0 Å². The average Bonchev–Trinajstić information content (AvgIpc) is 3.46. The Kier molecular flexibility index (Phi) is 34.1. The third kappa shape index (κ3) is 26.1. The molecule has 78 heavy (non-hydrogen) atoms. The van der Waals surface area contributed by atoms with Crippen molar-refractivity contribution in [3.8, 4) is 17.2 Å². The third-order valence-corrected chi connectivity index (χ3v) is 15.4. The Morgan fingerprint density at radius 1 is 0.295 bits per heavy atom. The molecular weight excluding hydrogens is 967 g/mol. The van der Waals surface area contributed by atoms with E-state index in [1.54, 1.807) is 0 Å². The number of ether oxygens (including phenoxy) is 3. The Bertz CT molecular complexity index is 1970. The lowest BCUT2D eigenvalue weighted by Crippen LogP contribution is -2.21. The van der Waals surface area contributed by atoms with E-state index in [9.17, 15) is 14.4 Å². The molecule has 0 aliphatic carbocycles. The largest absolute Gasteiger partial charge is 0.496 e. The second kappa shape index (κ2) is 40.8. The van der Waals surface area contributed by atoms with Crippen LogP contribution in [0, 0.1) is 0 Å². The second-order valence-corrected chi connectivity index (χ2v) is 22.1. The lowest BCUT2D eigenvalue weighted by molar-refractivity contribution is -0.116. The van der Waals surface area contributed by atoms with Gasteiger partial charge in [-0.25, -0.2) is 0 Å². The first-order valence-corrected chi connectivity index (χ1v) is 31.2. The summed E-state index contributed by atoms with van der Waals surface area (Å²) in [5.41, 5.74) is 7.06. The first-order chi connectivity index (χ1) is 38.2. The predicted octanol–water partition coefficient (Wildman–Crippen LogP) is 18.6. The van der Waals surface area contributed by atoms with E-state index in [4.69, 9.17) is 14.2 Å². The van der Waals surface area contributed by atoms with Gasteiger partial charge in [-0.05, 0) is 91.6 Å². The fraction of sp³-hybridized carbons (Fsp3) is 0.609. The standard InChI is InChI=1S/C69H105N3O6/c1-7-10-13-16-19-22-25-28-31-34-37-55-40-46-58(47-41-55)70-64(73)52-61-67(76-4)62(53-65(74)71-59-48-42-56(43-49-59)38-35-32-29-26-23-20-17-14-11-8-2)69(78-6)63(68(61)77-5)54-66(75)72-60-50-44-57(45-51-60)39-36-33-30-27-24-21-18-15-12-9-3/h40-51H,7-39,52-54H2,1-6H3,(H,70,73)(H,71,74)(H,72,75). The van der Waals surface area contributed by atoms with Crippen molar-refractivity contribution in [1.82, 2.24) is 0 Å². The maximum Gasteiger partial charge on any atom is 0.229 e. The number of amides is 3. The summed E-state index contributed by atoms with van der Waals surface area (Å²) in [6.07, 6.45) is 41.7. The zero-order valence-corrected chi connectivity index (χ0v) is 49.8. The molecule has 4 rings (SSSR count). The van der Waals surface area contributed by atoms with Crippen LogP contribution in [-0.2, 0) is 52.9 Å². The molecule has 0 aliphatic heterocycles. The van der Waals surface area contributed by atoms with Crippen molar-refractivity contribution < 1.29 is 28.6 Å². The number of hydrogen-bond donors (Lipinski definition) is 3. The first-order valence-electron chi connectivity index (χ1n) is 31.2. The van der Waals surface area contributed by atoms with Crippen LogP contribution in [0.25, 0.3) is 0 Å². The van der Waals surface area contributed by atoms with Gasteiger partial charge in [0.05, 0.1) is 40.6 Å². The Morgan fingerprint density at radius 2 is 0.487 bits per heavy atom. The van der Waals surface area contributed by atoms with E-state index in [0.29, 0.717) is 51.0 Å². The van der Waals surface area contributed by atoms with Crippen LogP contribution in [0.5, 0.6) is 17.2 Å². The average molecular weight is 1070 g/mol. The molecule has 4 aromatic rings. The summed E-state index contributed by atoms with van der Waals surface area (Å²) in [4.78, 5) is 42.2. The summed E-state index contributed by atoms with van der Waals surface area (Å²) in [6, 6.07) is 24.2. The minimum Gasteiger partial charge on any atom is -0.496 e. The number of rotatable bonds is 45. The van der Waals surface area contributed by atoms with Crippen molar-refractivity contribution in [1.29, 1.82) is 0 Å². The maximum absolute atomic E-state index is 14.1. The molecule has 0 radical (unpaired) electrons. The second-order valence-electron chi connectivity index (χ2n) is 22.1. The SMILES string of the molecule is CCCCCCCCCCCCc1ccc(NC(=O)Cc2c(OC)c(CC(=O)Nc3ccc(CCCCCCCCCCCC)cc3)c(OC)c(CC(=O)Nc3ccc(CCCCCCCCCCCC)cc3)c2OC)cc1. The number of anilines is 3. The molecule has 0 unspecified atom stereocenters. The highest BCUT2D eigenvalue weighted by molar-refractivity contribution is 5.97. The summed E-state index contributed by atoms with van der Waals surface area (Å²) in [6.45, 7) is 6.79. The molecular formula is C69H105N3O6. The Labute approximate surface area is 473 Å². The molecule has 0 bridgehead atoms. The maximum atomic E-state index is 14.1. The van der Waals surface area contributed by atoms with Gasteiger partial charge in [-0.1, -0.05) is 231 Å². The van der Waals surface area contributed by atoms with Crippen LogP contribution in [0.1, 0.15) is 247 Å². The normalized spacial score (nSPS) is 11.2. The molecule has 0 atom stereocenters. The summed E-state index contributed by atoms with van der Waals surface area (Å²) in [5.74, 6) is 0.0296. The van der Waals surface area contributed by atoms with Crippen molar-refractivity contribution in [2.75, 3.05) is 37.3 Å². The summed E-state index contributed by atoms with van der Waals surface area (Å²) in [7, 11) is 4.55. The molecule has 9 nitrogen and oxygen atoms in total. The predicted molar refractivity (Wildman–Crippen MR) is 329 cm³/mol. The van der Waals surface area contributed by atoms with Gasteiger partial charge in [0, 0.05) is 33.8 Å². The molecule has 0 saturated heterocycles. The van der Waals surface area contributed by atoms with Gasteiger partial charge in [-0.15, -0.1) is 0 Å². The Hall–Kier alpha value is -5.31. The van der Waals surface area contributed by atoms with Gasteiger partial charge < -0.3 is 30.2 Å². The van der Waals surface area contributed by atoms with E-state index in [-0.39, 0.29) is 37.0 Å². The minimum atomic E-state index is -0.291. The molecule has 432 valence electrons. The smallest absolute Gasteiger partial charge is 0.229 e. The first kappa shape index (κ1) is 65.2. The molecule has 0 spiro atoms. The molecule has 0 aliphatic rings. The lowest BCUT2D eigenvalue weighted by Gasteiger charge is -2.24. The molecule has 9 heteroatoms.